The normalized spacial score (nSPS) is 10.5. The van der Waals surface area contributed by atoms with Crippen LogP contribution >= 0.6 is 0 Å². The standard InChI is InChI=1S/C16H17N5/c1-12-7-9-13(10-8-12)11-21-15(17)19-16(20-21)18-14-5-3-2-4-6-14/h2-10H,11H2,1H3,(H3,17,18,19,20). The minimum absolute atomic E-state index is 0.397. The molecule has 21 heavy (non-hydrogen) atoms. The Labute approximate surface area is 123 Å². The summed E-state index contributed by atoms with van der Waals surface area (Å²) in [6.07, 6.45) is 0. The zero-order valence-electron chi connectivity index (χ0n) is 11.8. The van der Waals surface area contributed by atoms with Crippen molar-refractivity contribution in [3.8, 4) is 0 Å². The number of hydrogen-bond donors (Lipinski definition) is 2. The predicted molar refractivity (Wildman–Crippen MR) is 84.4 cm³/mol. The molecule has 3 N–H and O–H groups in total. The van der Waals surface area contributed by atoms with E-state index in [0.29, 0.717) is 18.4 Å². The third kappa shape index (κ3) is 3.20. The van der Waals surface area contributed by atoms with Crippen LogP contribution < -0.4 is 11.1 Å². The highest BCUT2D eigenvalue weighted by molar-refractivity contribution is 5.53. The summed E-state index contributed by atoms with van der Waals surface area (Å²) in [5.74, 6) is 0.903. The smallest absolute Gasteiger partial charge is 0.248 e. The summed E-state index contributed by atoms with van der Waals surface area (Å²) in [7, 11) is 0. The van der Waals surface area contributed by atoms with Gasteiger partial charge in [-0.25, -0.2) is 4.68 Å². The van der Waals surface area contributed by atoms with Crippen LogP contribution in [0.2, 0.25) is 0 Å². The zero-order chi connectivity index (χ0) is 14.7. The second kappa shape index (κ2) is 5.66. The number of nitrogens with one attached hydrogen (secondary N) is 1. The monoisotopic (exact) mass is 279 g/mol. The first-order valence-corrected chi connectivity index (χ1v) is 6.78. The van der Waals surface area contributed by atoms with Gasteiger partial charge in [0, 0.05) is 5.69 Å². The fraction of sp³-hybridized carbons (Fsp3) is 0.125. The van der Waals surface area contributed by atoms with Crippen LogP contribution in [-0.4, -0.2) is 14.8 Å². The first-order chi connectivity index (χ1) is 10.2. The summed E-state index contributed by atoms with van der Waals surface area (Å²) < 4.78 is 1.69. The third-order valence-corrected chi connectivity index (χ3v) is 3.18. The van der Waals surface area contributed by atoms with Gasteiger partial charge in [-0.05, 0) is 24.6 Å². The van der Waals surface area contributed by atoms with Crippen LogP contribution in [-0.2, 0) is 6.54 Å². The van der Waals surface area contributed by atoms with Gasteiger partial charge in [0.25, 0.3) is 0 Å². The first-order valence-electron chi connectivity index (χ1n) is 6.78. The van der Waals surface area contributed by atoms with Gasteiger partial charge in [-0.15, -0.1) is 5.10 Å². The number of benzene rings is 2. The van der Waals surface area contributed by atoms with Crippen LogP contribution in [0.4, 0.5) is 17.6 Å². The minimum atomic E-state index is 0.397. The summed E-state index contributed by atoms with van der Waals surface area (Å²) in [6.45, 7) is 2.67. The van der Waals surface area contributed by atoms with E-state index in [-0.39, 0.29) is 0 Å². The van der Waals surface area contributed by atoms with Crippen molar-refractivity contribution in [3.05, 3.63) is 65.7 Å². The van der Waals surface area contributed by atoms with Crippen LogP contribution in [0, 0.1) is 6.92 Å². The lowest BCUT2D eigenvalue weighted by molar-refractivity contribution is 0.698. The molecule has 0 aliphatic heterocycles. The van der Waals surface area contributed by atoms with Crippen molar-refractivity contribution in [3.63, 3.8) is 0 Å². The molecule has 0 fully saturated rings. The number of nitrogens with two attached hydrogens (primary N) is 1. The van der Waals surface area contributed by atoms with Crippen molar-refractivity contribution in [2.45, 2.75) is 13.5 Å². The maximum absolute atomic E-state index is 5.92. The number of rotatable bonds is 4. The molecule has 0 bridgehead atoms. The molecule has 1 heterocycles. The van der Waals surface area contributed by atoms with Gasteiger partial charge in [0.2, 0.25) is 11.9 Å². The maximum atomic E-state index is 5.92. The Morgan fingerprint density at radius 3 is 2.48 bits per heavy atom. The molecule has 2 aromatic carbocycles. The number of aromatic nitrogens is 3. The lowest BCUT2D eigenvalue weighted by Crippen LogP contribution is -2.06. The molecule has 0 aliphatic rings. The van der Waals surface area contributed by atoms with Gasteiger partial charge in [0.1, 0.15) is 0 Å². The summed E-state index contributed by atoms with van der Waals surface area (Å²) in [5, 5.41) is 7.53. The Bertz CT molecular complexity index is 716. The van der Waals surface area contributed by atoms with Gasteiger partial charge < -0.3 is 11.1 Å². The Hall–Kier alpha value is -2.82. The minimum Gasteiger partial charge on any atom is -0.368 e. The Kier molecular flexibility index (Phi) is 3.55. The predicted octanol–water partition coefficient (Wildman–Crippen LogP) is 2.96. The number of para-hydroxylation sites is 1. The lowest BCUT2D eigenvalue weighted by Gasteiger charge is -2.03. The first kappa shape index (κ1) is 13.2. The van der Waals surface area contributed by atoms with Crippen LogP contribution in [0.5, 0.6) is 0 Å². The second-order valence-corrected chi connectivity index (χ2v) is 4.93. The number of aryl methyl sites for hydroxylation is 1. The fourth-order valence-corrected chi connectivity index (χ4v) is 2.04. The van der Waals surface area contributed by atoms with Gasteiger partial charge >= 0.3 is 0 Å². The van der Waals surface area contributed by atoms with E-state index >= 15 is 0 Å². The molecular weight excluding hydrogens is 262 g/mol. The molecule has 0 amide bonds. The summed E-state index contributed by atoms with van der Waals surface area (Å²) in [4.78, 5) is 4.24. The highest BCUT2D eigenvalue weighted by Crippen LogP contribution is 2.15. The molecule has 0 spiro atoms. The van der Waals surface area contributed by atoms with Gasteiger partial charge in [-0.3, -0.25) is 0 Å². The average Bonchev–Trinajstić information content (AvgIpc) is 2.82. The molecule has 0 unspecified atom stereocenters. The van der Waals surface area contributed by atoms with Gasteiger partial charge in [0.15, 0.2) is 0 Å². The van der Waals surface area contributed by atoms with E-state index < -0.39 is 0 Å². The summed E-state index contributed by atoms with van der Waals surface area (Å²) >= 11 is 0. The van der Waals surface area contributed by atoms with Gasteiger partial charge in [0.05, 0.1) is 6.54 Å². The Balaban J connectivity index is 1.76. The molecule has 106 valence electrons. The lowest BCUT2D eigenvalue weighted by atomic mass is 10.1. The SMILES string of the molecule is Cc1ccc(Cn2nc(Nc3ccccc3)nc2N)cc1. The van der Waals surface area contributed by atoms with E-state index in [9.17, 15) is 0 Å². The third-order valence-electron chi connectivity index (χ3n) is 3.18. The van der Waals surface area contributed by atoms with E-state index in [1.165, 1.54) is 5.56 Å². The second-order valence-electron chi connectivity index (χ2n) is 4.93. The molecule has 0 atom stereocenters. The average molecular weight is 279 g/mol. The number of anilines is 3. The molecule has 0 aliphatic carbocycles. The van der Waals surface area contributed by atoms with Crippen molar-refractivity contribution in [2.24, 2.45) is 0 Å². The van der Waals surface area contributed by atoms with Gasteiger partial charge in [-0.1, -0.05) is 48.0 Å². The van der Waals surface area contributed by atoms with E-state index in [4.69, 9.17) is 5.73 Å². The molecule has 0 radical (unpaired) electrons. The molecule has 5 nitrogen and oxygen atoms in total. The summed E-state index contributed by atoms with van der Waals surface area (Å²) in [5.41, 5.74) is 9.23. The van der Waals surface area contributed by atoms with Crippen molar-refractivity contribution >= 4 is 17.6 Å². The molecular formula is C16H17N5. The fourth-order valence-electron chi connectivity index (χ4n) is 2.04. The van der Waals surface area contributed by atoms with Crippen molar-refractivity contribution in [1.29, 1.82) is 0 Å². The van der Waals surface area contributed by atoms with E-state index in [2.05, 4.69) is 46.6 Å². The summed E-state index contributed by atoms with van der Waals surface area (Å²) in [6, 6.07) is 18.1. The molecule has 1 aromatic heterocycles. The zero-order valence-corrected chi connectivity index (χ0v) is 11.8. The van der Waals surface area contributed by atoms with E-state index in [1.807, 2.05) is 30.3 Å². The van der Waals surface area contributed by atoms with Crippen LogP contribution in [0.25, 0.3) is 0 Å². The number of hydrogen-bond acceptors (Lipinski definition) is 4. The topological polar surface area (TPSA) is 68.8 Å². The van der Waals surface area contributed by atoms with Crippen molar-refractivity contribution < 1.29 is 0 Å². The van der Waals surface area contributed by atoms with E-state index in [1.54, 1.807) is 4.68 Å². The molecule has 0 saturated heterocycles. The largest absolute Gasteiger partial charge is 0.368 e. The highest BCUT2D eigenvalue weighted by atomic mass is 15.4. The number of nitrogen functional groups attached to an aromatic ring is 1. The molecule has 5 heteroatoms. The van der Waals surface area contributed by atoms with Crippen LogP contribution in [0.3, 0.4) is 0 Å². The van der Waals surface area contributed by atoms with E-state index in [0.717, 1.165) is 11.3 Å². The van der Waals surface area contributed by atoms with Crippen LogP contribution in [0.1, 0.15) is 11.1 Å². The van der Waals surface area contributed by atoms with Crippen molar-refractivity contribution in [1.82, 2.24) is 14.8 Å². The van der Waals surface area contributed by atoms with Crippen molar-refractivity contribution in [2.75, 3.05) is 11.1 Å². The Morgan fingerprint density at radius 1 is 1.05 bits per heavy atom. The highest BCUT2D eigenvalue weighted by Gasteiger charge is 2.07. The molecule has 3 rings (SSSR count). The van der Waals surface area contributed by atoms with Crippen LogP contribution in [0.15, 0.2) is 54.6 Å². The Morgan fingerprint density at radius 2 is 1.76 bits per heavy atom. The maximum Gasteiger partial charge on any atom is 0.248 e. The molecule has 3 aromatic rings. The van der Waals surface area contributed by atoms with Gasteiger partial charge in [-0.2, -0.15) is 4.98 Å². The number of nitrogens with zero attached hydrogens (tertiary/aromatic N) is 3. The quantitative estimate of drug-likeness (QED) is 0.770. The molecule has 0 saturated carbocycles.